The van der Waals surface area contributed by atoms with E-state index in [1.165, 1.54) is 24.8 Å². The van der Waals surface area contributed by atoms with Gasteiger partial charge in [0.2, 0.25) is 0 Å². The quantitative estimate of drug-likeness (QED) is 0.623. The lowest BCUT2D eigenvalue weighted by atomic mass is 10.0. The minimum Gasteiger partial charge on any atom is -0.308 e. The molecule has 0 aliphatic heterocycles. The average Bonchev–Trinajstić information content (AvgIpc) is 2.24. The molecule has 0 fully saturated rings. The van der Waals surface area contributed by atoms with E-state index in [0.29, 0.717) is 12.1 Å². The molecule has 2 unspecified atom stereocenters. The fourth-order valence-electron chi connectivity index (χ4n) is 1.56. The summed E-state index contributed by atoms with van der Waals surface area (Å²) in [6.45, 7) is 11.0. The van der Waals surface area contributed by atoms with Gasteiger partial charge < -0.3 is 5.32 Å². The molecule has 0 rings (SSSR count). The van der Waals surface area contributed by atoms with Crippen LogP contribution in [-0.4, -0.2) is 12.1 Å². The first kappa shape index (κ1) is 14.4. The maximum absolute atomic E-state index is 3.67. The van der Waals surface area contributed by atoms with Gasteiger partial charge in [-0.25, -0.2) is 0 Å². The molecule has 0 aliphatic rings. The molecule has 1 nitrogen and oxygen atoms in total. The first-order chi connectivity index (χ1) is 7.15. The summed E-state index contributed by atoms with van der Waals surface area (Å²) in [6, 6.07) is 1.15. The molecule has 0 heterocycles. The normalized spacial score (nSPS) is 17.0. The van der Waals surface area contributed by atoms with Crippen molar-refractivity contribution >= 4 is 0 Å². The van der Waals surface area contributed by atoms with Crippen LogP contribution in [0.1, 0.15) is 53.9 Å². The molecular weight excluding hydrogens is 182 g/mol. The maximum Gasteiger partial charge on any atom is 0.0282 e. The van der Waals surface area contributed by atoms with Crippen molar-refractivity contribution in [3.8, 4) is 0 Å². The summed E-state index contributed by atoms with van der Waals surface area (Å²) >= 11 is 0. The van der Waals surface area contributed by atoms with Gasteiger partial charge in [-0.15, -0.1) is 0 Å². The summed E-state index contributed by atoms with van der Waals surface area (Å²) in [5.74, 6) is 0. The number of nitrogens with one attached hydrogen (secondary N) is 1. The van der Waals surface area contributed by atoms with Crippen molar-refractivity contribution in [3.63, 3.8) is 0 Å². The molecule has 1 heteroatoms. The first-order valence-electron chi connectivity index (χ1n) is 6.21. The molecule has 15 heavy (non-hydrogen) atoms. The zero-order valence-electron chi connectivity index (χ0n) is 11.0. The van der Waals surface area contributed by atoms with Crippen LogP contribution in [0.4, 0.5) is 0 Å². The van der Waals surface area contributed by atoms with Gasteiger partial charge in [0.05, 0.1) is 0 Å². The fraction of sp³-hybridized carbons (Fsp3) is 0.714. The van der Waals surface area contributed by atoms with Crippen molar-refractivity contribution in [2.24, 2.45) is 0 Å². The molecule has 0 aromatic carbocycles. The second-order valence-corrected chi connectivity index (χ2v) is 4.25. The van der Waals surface area contributed by atoms with E-state index in [0.717, 1.165) is 0 Å². The van der Waals surface area contributed by atoms with Crippen LogP contribution in [0, 0.1) is 0 Å². The summed E-state index contributed by atoms with van der Waals surface area (Å²) in [7, 11) is 0. The first-order valence-corrected chi connectivity index (χ1v) is 6.21. The van der Waals surface area contributed by atoms with E-state index in [-0.39, 0.29) is 0 Å². The molecular formula is C14H27N. The molecule has 0 saturated heterocycles. The van der Waals surface area contributed by atoms with Crippen LogP contribution in [-0.2, 0) is 0 Å². The largest absolute Gasteiger partial charge is 0.308 e. The lowest BCUT2D eigenvalue weighted by Crippen LogP contribution is -2.36. The third-order valence-electron chi connectivity index (χ3n) is 2.78. The predicted octanol–water partition coefficient (Wildman–Crippen LogP) is 4.07. The maximum atomic E-state index is 3.67. The number of hydrogen-bond donors (Lipinski definition) is 1. The third kappa shape index (κ3) is 6.51. The lowest BCUT2D eigenvalue weighted by Gasteiger charge is -2.23. The zero-order chi connectivity index (χ0) is 11.7. The lowest BCUT2D eigenvalue weighted by molar-refractivity contribution is 0.449. The van der Waals surface area contributed by atoms with Gasteiger partial charge in [-0.1, -0.05) is 44.1 Å². The van der Waals surface area contributed by atoms with Crippen molar-refractivity contribution in [1.29, 1.82) is 0 Å². The summed E-state index contributed by atoms with van der Waals surface area (Å²) < 4.78 is 0. The highest BCUT2D eigenvalue weighted by molar-refractivity contribution is 5.15. The number of rotatable bonds is 7. The van der Waals surface area contributed by atoms with Crippen LogP contribution in [0.2, 0.25) is 0 Å². The van der Waals surface area contributed by atoms with Crippen molar-refractivity contribution in [1.82, 2.24) is 5.32 Å². The molecule has 0 radical (unpaired) electrons. The summed E-state index contributed by atoms with van der Waals surface area (Å²) in [5.41, 5.74) is 1.44. The highest BCUT2D eigenvalue weighted by atomic mass is 14.9. The Morgan fingerprint density at radius 2 is 2.00 bits per heavy atom. The Morgan fingerprint density at radius 3 is 2.47 bits per heavy atom. The monoisotopic (exact) mass is 209 g/mol. The van der Waals surface area contributed by atoms with E-state index < -0.39 is 0 Å². The Morgan fingerprint density at radius 1 is 1.33 bits per heavy atom. The summed E-state index contributed by atoms with van der Waals surface area (Å²) in [5, 5.41) is 3.67. The molecule has 0 aliphatic carbocycles. The Kier molecular flexibility index (Phi) is 8.40. The predicted molar refractivity (Wildman–Crippen MR) is 70.2 cm³/mol. The SMILES string of the molecule is C/C=C/C=C(\C)C(CCC)NC(C)CC. The Balaban J connectivity index is 4.36. The van der Waals surface area contributed by atoms with E-state index >= 15 is 0 Å². The molecule has 1 N–H and O–H groups in total. The van der Waals surface area contributed by atoms with Crippen LogP contribution in [0.3, 0.4) is 0 Å². The molecule has 0 aromatic rings. The van der Waals surface area contributed by atoms with Gasteiger partial charge in [-0.05, 0) is 33.6 Å². The van der Waals surface area contributed by atoms with E-state index in [1.807, 2.05) is 0 Å². The Bertz CT molecular complexity index is 203. The van der Waals surface area contributed by atoms with Gasteiger partial charge in [-0.3, -0.25) is 0 Å². The second-order valence-electron chi connectivity index (χ2n) is 4.25. The van der Waals surface area contributed by atoms with Gasteiger partial charge in [0.25, 0.3) is 0 Å². The molecule has 0 spiro atoms. The fourth-order valence-corrected chi connectivity index (χ4v) is 1.56. The number of hydrogen-bond acceptors (Lipinski definition) is 1. The standard InChI is InChI=1S/C14H27N/c1-6-9-11-12(4)14(10-7-2)15-13(5)8-3/h6,9,11,13-15H,7-8,10H2,1-5H3/b9-6+,12-11+. The molecule has 2 atom stereocenters. The highest BCUT2D eigenvalue weighted by Gasteiger charge is 2.11. The van der Waals surface area contributed by atoms with Gasteiger partial charge in [0, 0.05) is 12.1 Å². The molecule has 0 bridgehead atoms. The molecule has 0 amide bonds. The summed E-state index contributed by atoms with van der Waals surface area (Å²) in [6.07, 6.45) is 10.1. The Labute approximate surface area is 95.7 Å². The van der Waals surface area contributed by atoms with E-state index in [2.05, 4.69) is 58.2 Å². The minimum atomic E-state index is 0.543. The van der Waals surface area contributed by atoms with Crippen LogP contribution >= 0.6 is 0 Å². The topological polar surface area (TPSA) is 12.0 Å². The van der Waals surface area contributed by atoms with Crippen LogP contribution < -0.4 is 5.32 Å². The number of allylic oxidation sites excluding steroid dienone is 3. The van der Waals surface area contributed by atoms with Crippen molar-refractivity contribution in [2.75, 3.05) is 0 Å². The second kappa shape index (κ2) is 8.72. The van der Waals surface area contributed by atoms with Crippen LogP contribution in [0.5, 0.6) is 0 Å². The van der Waals surface area contributed by atoms with Gasteiger partial charge in [0.15, 0.2) is 0 Å². The molecule has 0 aromatic heterocycles. The van der Waals surface area contributed by atoms with Crippen LogP contribution in [0.25, 0.3) is 0 Å². The van der Waals surface area contributed by atoms with Crippen LogP contribution in [0.15, 0.2) is 23.8 Å². The molecule has 88 valence electrons. The van der Waals surface area contributed by atoms with Gasteiger partial charge >= 0.3 is 0 Å². The van der Waals surface area contributed by atoms with Crippen molar-refractivity contribution in [3.05, 3.63) is 23.8 Å². The smallest absolute Gasteiger partial charge is 0.0282 e. The zero-order valence-corrected chi connectivity index (χ0v) is 11.0. The Hall–Kier alpha value is -0.560. The van der Waals surface area contributed by atoms with E-state index in [4.69, 9.17) is 0 Å². The third-order valence-corrected chi connectivity index (χ3v) is 2.78. The average molecular weight is 209 g/mol. The minimum absolute atomic E-state index is 0.543. The van der Waals surface area contributed by atoms with E-state index in [1.54, 1.807) is 0 Å². The summed E-state index contributed by atoms with van der Waals surface area (Å²) in [4.78, 5) is 0. The highest BCUT2D eigenvalue weighted by Crippen LogP contribution is 2.10. The van der Waals surface area contributed by atoms with Crippen molar-refractivity contribution < 1.29 is 0 Å². The van der Waals surface area contributed by atoms with Gasteiger partial charge in [-0.2, -0.15) is 0 Å². The van der Waals surface area contributed by atoms with E-state index in [9.17, 15) is 0 Å². The van der Waals surface area contributed by atoms with Gasteiger partial charge in [0.1, 0.15) is 0 Å². The van der Waals surface area contributed by atoms with Crippen molar-refractivity contribution in [2.45, 2.75) is 66.0 Å². The molecule has 0 saturated carbocycles.